The quantitative estimate of drug-likeness (QED) is 0.447. The fraction of sp³-hybridized carbons (Fsp3) is 0.200. The molecule has 0 amide bonds. The van der Waals surface area contributed by atoms with Gasteiger partial charge in [0.1, 0.15) is 0 Å². The first-order valence-electron chi connectivity index (χ1n) is 2.46. The Morgan fingerprint density at radius 2 is 2.56 bits per heavy atom. The van der Waals surface area contributed by atoms with Crippen molar-refractivity contribution in [2.45, 2.75) is 6.92 Å². The molecule has 1 rings (SSSR count). The molecular weight excluding hydrogens is 134 g/mol. The molecule has 0 saturated carbocycles. The van der Waals surface area contributed by atoms with E-state index in [0.29, 0.717) is 5.01 Å². The molecule has 4 heteroatoms. The van der Waals surface area contributed by atoms with Crippen molar-refractivity contribution in [3.05, 3.63) is 16.1 Å². The summed E-state index contributed by atoms with van der Waals surface area (Å²) in [6, 6.07) is 0. The predicted octanol–water partition coefficient (Wildman–Crippen LogP) is 0.736. The van der Waals surface area contributed by atoms with E-state index in [9.17, 15) is 0 Å². The number of thiazole rings is 1. The van der Waals surface area contributed by atoms with E-state index in [2.05, 4.69) is 4.98 Å². The second kappa shape index (κ2) is 2.14. The summed E-state index contributed by atoms with van der Waals surface area (Å²) in [6.07, 6.45) is 0. The second-order valence-electron chi connectivity index (χ2n) is 1.71. The van der Waals surface area contributed by atoms with Crippen molar-refractivity contribution >= 4 is 17.2 Å². The molecule has 0 atom stereocenters. The third kappa shape index (κ3) is 1.26. The Morgan fingerprint density at radius 1 is 1.89 bits per heavy atom. The highest BCUT2D eigenvalue weighted by Crippen LogP contribution is 2.06. The molecule has 0 aliphatic heterocycles. The van der Waals surface area contributed by atoms with Crippen LogP contribution in [0.4, 0.5) is 0 Å². The topological polar surface area (TPSA) is 62.8 Å². The highest BCUT2D eigenvalue weighted by molar-refractivity contribution is 7.11. The van der Waals surface area contributed by atoms with E-state index < -0.39 is 0 Å². The van der Waals surface area contributed by atoms with Crippen LogP contribution in [0.1, 0.15) is 10.7 Å². The molecular formula is C5H7N3S. The molecule has 0 unspecified atom stereocenters. The summed E-state index contributed by atoms with van der Waals surface area (Å²) in [7, 11) is 0. The highest BCUT2D eigenvalue weighted by Gasteiger charge is 1.98. The lowest BCUT2D eigenvalue weighted by molar-refractivity contribution is 1.23. The number of rotatable bonds is 1. The highest BCUT2D eigenvalue weighted by atomic mass is 32.1. The van der Waals surface area contributed by atoms with E-state index in [1.165, 1.54) is 11.3 Å². The molecule has 0 spiro atoms. The molecule has 0 aromatic carbocycles. The summed E-state index contributed by atoms with van der Waals surface area (Å²) >= 11 is 1.40. The number of hydrogen-bond acceptors (Lipinski definition) is 3. The van der Waals surface area contributed by atoms with Crippen molar-refractivity contribution in [3.8, 4) is 0 Å². The van der Waals surface area contributed by atoms with Crippen LogP contribution in [0.5, 0.6) is 0 Å². The number of nitrogens with two attached hydrogens (primary N) is 1. The van der Waals surface area contributed by atoms with Gasteiger partial charge in [-0.3, -0.25) is 5.41 Å². The third-order valence-electron chi connectivity index (χ3n) is 0.849. The van der Waals surface area contributed by atoms with E-state index >= 15 is 0 Å². The summed E-state index contributed by atoms with van der Waals surface area (Å²) in [5.41, 5.74) is 6.08. The molecule has 3 N–H and O–H groups in total. The number of nitrogens with one attached hydrogen (secondary N) is 1. The second-order valence-corrected chi connectivity index (χ2v) is 2.57. The maximum absolute atomic E-state index is 6.97. The number of aryl methyl sites for hydroxylation is 1. The van der Waals surface area contributed by atoms with Gasteiger partial charge < -0.3 is 5.73 Å². The van der Waals surface area contributed by atoms with Gasteiger partial charge in [-0.1, -0.05) is 0 Å². The van der Waals surface area contributed by atoms with Gasteiger partial charge in [-0.2, -0.15) is 0 Å². The van der Waals surface area contributed by atoms with Crippen molar-refractivity contribution in [2.24, 2.45) is 5.73 Å². The zero-order chi connectivity index (χ0) is 6.85. The SMILES string of the molecule is Cc1csc(C(=N)N)n1. The van der Waals surface area contributed by atoms with Crippen LogP contribution in [-0.2, 0) is 0 Å². The van der Waals surface area contributed by atoms with Gasteiger partial charge in [-0.25, -0.2) is 4.98 Å². The number of aromatic nitrogens is 1. The van der Waals surface area contributed by atoms with Crippen LogP contribution in [0.3, 0.4) is 0 Å². The normalized spacial score (nSPS) is 9.44. The van der Waals surface area contributed by atoms with Gasteiger partial charge in [0.15, 0.2) is 10.8 Å². The minimum absolute atomic E-state index is 0.0492. The van der Waals surface area contributed by atoms with Gasteiger partial charge in [0, 0.05) is 11.1 Å². The molecule has 0 fully saturated rings. The summed E-state index contributed by atoms with van der Waals surface area (Å²) in [5, 5.41) is 9.45. The Bertz CT molecular complexity index is 228. The molecule has 3 nitrogen and oxygen atoms in total. The minimum Gasteiger partial charge on any atom is -0.382 e. The summed E-state index contributed by atoms with van der Waals surface area (Å²) in [6.45, 7) is 1.88. The fourth-order valence-corrected chi connectivity index (χ4v) is 1.14. The Hall–Kier alpha value is -0.900. The van der Waals surface area contributed by atoms with E-state index in [1.807, 2.05) is 12.3 Å². The standard InChI is InChI=1S/C5H7N3S/c1-3-2-9-5(8-3)4(6)7/h2H,1H3,(H3,6,7). The third-order valence-corrected chi connectivity index (χ3v) is 1.84. The average molecular weight is 141 g/mol. The number of hydrogen-bond donors (Lipinski definition) is 2. The molecule has 0 aliphatic carbocycles. The van der Waals surface area contributed by atoms with Crippen LogP contribution in [-0.4, -0.2) is 10.8 Å². The number of nitrogens with zero attached hydrogens (tertiary/aromatic N) is 1. The summed E-state index contributed by atoms with van der Waals surface area (Å²) in [4.78, 5) is 3.98. The van der Waals surface area contributed by atoms with Crippen LogP contribution < -0.4 is 5.73 Å². The Kier molecular flexibility index (Phi) is 1.48. The fourth-order valence-electron chi connectivity index (χ4n) is 0.478. The van der Waals surface area contributed by atoms with Gasteiger partial charge >= 0.3 is 0 Å². The maximum Gasteiger partial charge on any atom is 0.158 e. The lowest BCUT2D eigenvalue weighted by Crippen LogP contribution is -2.10. The van der Waals surface area contributed by atoms with Crippen molar-refractivity contribution < 1.29 is 0 Å². The summed E-state index contributed by atoms with van der Waals surface area (Å²) < 4.78 is 0. The zero-order valence-electron chi connectivity index (χ0n) is 5.01. The number of amidine groups is 1. The molecule has 48 valence electrons. The first-order chi connectivity index (χ1) is 4.20. The van der Waals surface area contributed by atoms with E-state index in [1.54, 1.807) is 0 Å². The maximum atomic E-state index is 6.97. The molecule has 1 aromatic rings. The van der Waals surface area contributed by atoms with Crippen molar-refractivity contribution in [1.82, 2.24) is 4.98 Å². The van der Waals surface area contributed by atoms with Gasteiger partial charge in [-0.15, -0.1) is 11.3 Å². The first kappa shape index (κ1) is 6.22. The molecule has 9 heavy (non-hydrogen) atoms. The minimum atomic E-state index is 0.0492. The first-order valence-corrected chi connectivity index (χ1v) is 3.34. The molecule has 1 aromatic heterocycles. The van der Waals surface area contributed by atoms with Gasteiger partial charge in [0.2, 0.25) is 0 Å². The lowest BCUT2D eigenvalue weighted by atomic mass is 10.6. The van der Waals surface area contributed by atoms with Crippen LogP contribution in [0, 0.1) is 12.3 Å². The molecule has 0 radical (unpaired) electrons. The van der Waals surface area contributed by atoms with Gasteiger partial charge in [0.05, 0.1) is 0 Å². The zero-order valence-corrected chi connectivity index (χ0v) is 5.83. The number of nitrogen functional groups attached to an aromatic ring is 1. The molecule has 0 bridgehead atoms. The lowest BCUT2D eigenvalue weighted by Gasteiger charge is -1.84. The molecule has 0 saturated heterocycles. The largest absolute Gasteiger partial charge is 0.382 e. The van der Waals surface area contributed by atoms with Crippen LogP contribution in [0.15, 0.2) is 5.38 Å². The molecule has 0 aliphatic rings. The van der Waals surface area contributed by atoms with E-state index in [0.717, 1.165) is 5.69 Å². The smallest absolute Gasteiger partial charge is 0.158 e. The van der Waals surface area contributed by atoms with Crippen molar-refractivity contribution in [2.75, 3.05) is 0 Å². The Balaban J connectivity index is 2.98. The Morgan fingerprint density at radius 3 is 2.78 bits per heavy atom. The molecule has 1 heterocycles. The van der Waals surface area contributed by atoms with Crippen LogP contribution in [0.2, 0.25) is 0 Å². The van der Waals surface area contributed by atoms with Gasteiger partial charge in [-0.05, 0) is 6.92 Å². The average Bonchev–Trinajstić information content (AvgIpc) is 2.14. The van der Waals surface area contributed by atoms with Crippen molar-refractivity contribution in [3.63, 3.8) is 0 Å². The van der Waals surface area contributed by atoms with E-state index in [4.69, 9.17) is 11.1 Å². The monoisotopic (exact) mass is 141 g/mol. The van der Waals surface area contributed by atoms with Crippen LogP contribution in [0.25, 0.3) is 0 Å². The van der Waals surface area contributed by atoms with Gasteiger partial charge in [0.25, 0.3) is 0 Å². The predicted molar refractivity (Wildman–Crippen MR) is 37.9 cm³/mol. The van der Waals surface area contributed by atoms with E-state index in [-0.39, 0.29) is 5.84 Å². The Labute approximate surface area is 57.0 Å². The van der Waals surface area contributed by atoms with Crippen molar-refractivity contribution in [1.29, 1.82) is 5.41 Å². The van der Waals surface area contributed by atoms with Crippen LogP contribution >= 0.6 is 11.3 Å². The summed E-state index contributed by atoms with van der Waals surface area (Å²) in [5.74, 6) is 0.0492.